The van der Waals surface area contributed by atoms with Gasteiger partial charge in [0.25, 0.3) is 0 Å². The molecule has 0 bridgehead atoms. The molecular weight excluding hydrogens is 320 g/mol. The Balaban J connectivity index is 2.07. The molecule has 2 aromatic heterocycles. The van der Waals surface area contributed by atoms with E-state index in [-0.39, 0.29) is 0 Å². The van der Waals surface area contributed by atoms with Crippen LogP contribution in [0.5, 0.6) is 0 Å². The lowest BCUT2D eigenvalue weighted by Crippen LogP contribution is -2.09. The second-order valence-electron chi connectivity index (χ2n) is 4.79. The third-order valence-corrected chi connectivity index (χ3v) is 3.96. The second-order valence-corrected chi connectivity index (χ2v) is 5.64. The van der Waals surface area contributed by atoms with Gasteiger partial charge in [0.15, 0.2) is 6.10 Å². The highest BCUT2D eigenvalue weighted by molar-refractivity contribution is 9.10. The molecule has 0 saturated heterocycles. The minimum absolute atomic E-state index is 0.529. The highest BCUT2D eigenvalue weighted by Gasteiger charge is 2.22. The number of rotatable bonds is 3. The number of aryl methyl sites for hydroxylation is 2. The average molecular weight is 335 g/mol. The first-order valence-electron chi connectivity index (χ1n) is 6.49. The number of hydrogen-bond donors (Lipinski definition) is 1. The van der Waals surface area contributed by atoms with Crippen LogP contribution in [0.4, 0.5) is 0 Å². The fourth-order valence-electron chi connectivity index (χ4n) is 2.35. The number of furan rings is 1. The van der Waals surface area contributed by atoms with Gasteiger partial charge < -0.3 is 9.52 Å². The van der Waals surface area contributed by atoms with Crippen LogP contribution in [0, 0.1) is 6.92 Å². The first-order valence-corrected chi connectivity index (χ1v) is 7.28. The van der Waals surface area contributed by atoms with Crippen LogP contribution < -0.4 is 0 Å². The molecular formula is C15H15BrN2O2. The van der Waals surface area contributed by atoms with Gasteiger partial charge in [-0.25, -0.2) is 0 Å². The van der Waals surface area contributed by atoms with Gasteiger partial charge in [-0.15, -0.1) is 0 Å². The third-order valence-electron chi connectivity index (χ3n) is 3.35. The minimum atomic E-state index is -0.834. The number of aromatic nitrogens is 2. The smallest absolute Gasteiger partial charge is 0.154 e. The van der Waals surface area contributed by atoms with E-state index in [4.69, 9.17) is 4.42 Å². The highest BCUT2D eigenvalue weighted by atomic mass is 79.9. The summed E-state index contributed by atoms with van der Waals surface area (Å²) in [5, 5.41) is 15.8. The molecule has 0 radical (unpaired) electrons. The molecule has 0 aliphatic heterocycles. The summed E-state index contributed by atoms with van der Waals surface area (Å²) in [4.78, 5) is 0. The maximum Gasteiger partial charge on any atom is 0.154 e. The van der Waals surface area contributed by atoms with Gasteiger partial charge in [-0.05, 0) is 48.0 Å². The third kappa shape index (κ3) is 2.17. The van der Waals surface area contributed by atoms with Crippen molar-refractivity contribution in [3.63, 3.8) is 0 Å². The maximum atomic E-state index is 10.6. The van der Waals surface area contributed by atoms with Crippen molar-refractivity contribution in [3.05, 3.63) is 52.0 Å². The Hall–Kier alpha value is -1.59. The van der Waals surface area contributed by atoms with Crippen LogP contribution >= 0.6 is 15.9 Å². The largest absolute Gasteiger partial charge is 0.458 e. The molecule has 104 valence electrons. The van der Waals surface area contributed by atoms with Crippen molar-refractivity contribution >= 4 is 26.9 Å². The van der Waals surface area contributed by atoms with Crippen LogP contribution in [-0.2, 0) is 6.54 Å². The van der Waals surface area contributed by atoms with Gasteiger partial charge >= 0.3 is 0 Å². The molecule has 5 heteroatoms. The standard InChI is InChI=1S/C15H15BrN2O2/c1-3-18-14(11(16)8-17-18)15(19)13-7-10-6-9(2)4-5-12(10)20-13/h4-8,15,19H,3H2,1-2H3. The Kier molecular flexibility index (Phi) is 3.40. The topological polar surface area (TPSA) is 51.2 Å². The molecule has 4 nitrogen and oxygen atoms in total. The SMILES string of the molecule is CCn1ncc(Br)c1C(O)c1cc2cc(C)ccc2o1. The van der Waals surface area contributed by atoms with E-state index in [9.17, 15) is 5.11 Å². The molecule has 1 unspecified atom stereocenters. The maximum absolute atomic E-state index is 10.6. The Morgan fingerprint density at radius 1 is 1.40 bits per heavy atom. The predicted molar refractivity (Wildman–Crippen MR) is 80.6 cm³/mol. The van der Waals surface area contributed by atoms with Crippen LogP contribution in [0.25, 0.3) is 11.0 Å². The first-order chi connectivity index (χ1) is 9.60. The molecule has 0 fully saturated rings. The predicted octanol–water partition coefficient (Wildman–Crippen LogP) is 3.80. The quantitative estimate of drug-likeness (QED) is 0.792. The van der Waals surface area contributed by atoms with Crippen molar-refractivity contribution in [3.8, 4) is 0 Å². The van der Waals surface area contributed by atoms with Crippen LogP contribution in [0.15, 0.2) is 39.4 Å². The van der Waals surface area contributed by atoms with E-state index in [1.54, 1.807) is 10.9 Å². The molecule has 1 aromatic carbocycles. The number of halogens is 1. The van der Waals surface area contributed by atoms with Crippen molar-refractivity contribution in [2.24, 2.45) is 0 Å². The van der Waals surface area contributed by atoms with Gasteiger partial charge in [-0.2, -0.15) is 5.10 Å². The van der Waals surface area contributed by atoms with Gasteiger partial charge in [-0.3, -0.25) is 4.68 Å². The van der Waals surface area contributed by atoms with Crippen LogP contribution in [0.2, 0.25) is 0 Å². The van der Waals surface area contributed by atoms with Crippen molar-refractivity contribution in [1.29, 1.82) is 0 Å². The molecule has 1 N–H and O–H groups in total. The number of benzene rings is 1. The van der Waals surface area contributed by atoms with Crippen molar-refractivity contribution in [2.45, 2.75) is 26.5 Å². The average Bonchev–Trinajstić information content (AvgIpc) is 3.00. The first kappa shape index (κ1) is 13.4. The normalized spacial score (nSPS) is 13.0. The molecule has 20 heavy (non-hydrogen) atoms. The Bertz CT molecular complexity index is 760. The molecule has 0 amide bonds. The lowest BCUT2D eigenvalue weighted by Gasteiger charge is -2.10. The summed E-state index contributed by atoms with van der Waals surface area (Å²) in [6, 6.07) is 7.84. The van der Waals surface area contributed by atoms with Crippen molar-refractivity contribution in [2.75, 3.05) is 0 Å². The zero-order chi connectivity index (χ0) is 14.3. The van der Waals surface area contributed by atoms with Crippen LogP contribution in [0.3, 0.4) is 0 Å². The van der Waals surface area contributed by atoms with E-state index in [2.05, 4.69) is 21.0 Å². The molecule has 0 aliphatic rings. The number of aliphatic hydroxyl groups is 1. The van der Waals surface area contributed by atoms with E-state index in [1.807, 2.05) is 38.1 Å². The highest BCUT2D eigenvalue weighted by Crippen LogP contribution is 2.32. The summed E-state index contributed by atoms with van der Waals surface area (Å²) >= 11 is 3.43. The molecule has 0 aliphatic carbocycles. The van der Waals surface area contributed by atoms with Gasteiger partial charge in [0, 0.05) is 11.9 Å². The molecule has 0 spiro atoms. The summed E-state index contributed by atoms with van der Waals surface area (Å²) in [6.07, 6.45) is 0.856. The minimum Gasteiger partial charge on any atom is -0.458 e. The van der Waals surface area contributed by atoms with Crippen LogP contribution in [0.1, 0.15) is 30.0 Å². The summed E-state index contributed by atoms with van der Waals surface area (Å²) in [7, 11) is 0. The Labute approximate surface area is 125 Å². The van der Waals surface area contributed by atoms with E-state index in [0.717, 1.165) is 15.4 Å². The monoisotopic (exact) mass is 334 g/mol. The van der Waals surface area contributed by atoms with E-state index >= 15 is 0 Å². The van der Waals surface area contributed by atoms with Gasteiger partial charge in [0.1, 0.15) is 11.3 Å². The molecule has 0 saturated carbocycles. The molecule has 2 heterocycles. The Morgan fingerprint density at radius 3 is 2.95 bits per heavy atom. The Morgan fingerprint density at radius 2 is 2.20 bits per heavy atom. The van der Waals surface area contributed by atoms with Crippen molar-refractivity contribution < 1.29 is 9.52 Å². The molecule has 3 aromatic rings. The molecule has 1 atom stereocenters. The summed E-state index contributed by atoms with van der Waals surface area (Å²) in [5.41, 5.74) is 2.66. The second kappa shape index (κ2) is 5.07. The number of aliphatic hydroxyl groups excluding tert-OH is 1. The van der Waals surface area contributed by atoms with Gasteiger partial charge in [-0.1, -0.05) is 11.6 Å². The number of fused-ring (bicyclic) bond motifs is 1. The van der Waals surface area contributed by atoms with E-state index in [1.165, 1.54) is 5.56 Å². The summed E-state index contributed by atoms with van der Waals surface area (Å²) in [6.45, 7) is 4.71. The summed E-state index contributed by atoms with van der Waals surface area (Å²) in [5.74, 6) is 0.529. The van der Waals surface area contributed by atoms with Gasteiger partial charge in [0.05, 0.1) is 16.4 Å². The lowest BCUT2D eigenvalue weighted by atomic mass is 10.1. The van der Waals surface area contributed by atoms with E-state index in [0.29, 0.717) is 18.0 Å². The number of hydrogen-bond acceptors (Lipinski definition) is 3. The van der Waals surface area contributed by atoms with Gasteiger partial charge in [0.2, 0.25) is 0 Å². The summed E-state index contributed by atoms with van der Waals surface area (Å²) < 4.78 is 8.29. The zero-order valence-corrected chi connectivity index (χ0v) is 12.9. The molecule has 3 rings (SSSR count). The fourth-order valence-corrected chi connectivity index (χ4v) is 2.86. The number of nitrogens with zero attached hydrogens (tertiary/aromatic N) is 2. The van der Waals surface area contributed by atoms with E-state index < -0.39 is 6.10 Å². The van der Waals surface area contributed by atoms with Crippen molar-refractivity contribution in [1.82, 2.24) is 9.78 Å². The fraction of sp³-hybridized carbons (Fsp3) is 0.267. The zero-order valence-electron chi connectivity index (χ0n) is 11.3. The van der Waals surface area contributed by atoms with Crippen LogP contribution in [-0.4, -0.2) is 14.9 Å². The lowest BCUT2D eigenvalue weighted by molar-refractivity contribution is 0.180.